The molecule has 1 aromatic rings. The van der Waals surface area contributed by atoms with Crippen molar-refractivity contribution in [3.63, 3.8) is 0 Å². The average molecular weight is 314 g/mol. The summed E-state index contributed by atoms with van der Waals surface area (Å²) >= 11 is 0. The zero-order valence-corrected chi connectivity index (χ0v) is 14.3. The zero-order valence-electron chi connectivity index (χ0n) is 14.3. The van der Waals surface area contributed by atoms with Gasteiger partial charge in [-0.05, 0) is 62.6 Å². The summed E-state index contributed by atoms with van der Waals surface area (Å²) in [7, 11) is 0. The van der Waals surface area contributed by atoms with E-state index in [0.29, 0.717) is 18.8 Å². The largest absolute Gasteiger partial charge is 0.342 e. The summed E-state index contributed by atoms with van der Waals surface area (Å²) < 4.78 is 0. The second kappa shape index (κ2) is 5.99. The maximum atomic E-state index is 12.9. The maximum absolute atomic E-state index is 12.9. The lowest BCUT2D eigenvalue weighted by molar-refractivity contribution is -0.143. The Balaban J connectivity index is 1.73. The van der Waals surface area contributed by atoms with Crippen LogP contribution in [0.4, 0.5) is 5.69 Å². The molecule has 0 aromatic heterocycles. The predicted molar refractivity (Wildman–Crippen MR) is 91.2 cm³/mol. The van der Waals surface area contributed by atoms with Crippen LogP contribution in [0.5, 0.6) is 0 Å². The van der Waals surface area contributed by atoms with Crippen LogP contribution in [0, 0.1) is 25.2 Å². The third-order valence-corrected chi connectivity index (χ3v) is 5.18. The number of hydrogen-bond acceptors (Lipinski definition) is 2. The van der Waals surface area contributed by atoms with Crippen LogP contribution in [0.2, 0.25) is 0 Å². The van der Waals surface area contributed by atoms with E-state index in [2.05, 4.69) is 12.2 Å². The number of hydrogen-bond donors (Lipinski definition) is 1. The van der Waals surface area contributed by atoms with E-state index in [-0.39, 0.29) is 11.8 Å². The third kappa shape index (κ3) is 3.12. The van der Waals surface area contributed by atoms with Crippen LogP contribution in [0.25, 0.3) is 0 Å². The number of carbonyl (C=O) groups is 2. The molecule has 1 saturated heterocycles. The number of likely N-dealkylation sites (tertiary alicyclic amines) is 1. The highest BCUT2D eigenvalue weighted by Gasteiger charge is 2.58. The van der Waals surface area contributed by atoms with Crippen molar-refractivity contribution in [3.8, 4) is 0 Å². The first-order valence-corrected chi connectivity index (χ1v) is 8.60. The van der Waals surface area contributed by atoms with Gasteiger partial charge in [0.15, 0.2) is 0 Å². The molecule has 0 spiro atoms. The van der Waals surface area contributed by atoms with Gasteiger partial charge in [-0.25, -0.2) is 0 Å². The van der Waals surface area contributed by atoms with Crippen LogP contribution in [0.1, 0.15) is 43.7 Å². The summed E-state index contributed by atoms with van der Waals surface area (Å²) in [5, 5.41) is 3.00. The summed E-state index contributed by atoms with van der Waals surface area (Å²) in [6, 6.07) is 5.99. The van der Waals surface area contributed by atoms with Gasteiger partial charge >= 0.3 is 0 Å². The van der Waals surface area contributed by atoms with Crippen LogP contribution >= 0.6 is 0 Å². The van der Waals surface area contributed by atoms with E-state index in [0.717, 1.165) is 36.3 Å². The number of nitrogens with zero attached hydrogens (tertiary/aromatic N) is 1. The first kappa shape index (κ1) is 16.0. The van der Waals surface area contributed by atoms with Crippen LogP contribution in [-0.4, -0.2) is 29.8 Å². The van der Waals surface area contributed by atoms with Gasteiger partial charge in [0, 0.05) is 18.8 Å². The predicted octanol–water partition coefficient (Wildman–Crippen LogP) is 3.28. The number of rotatable bonds is 3. The number of amides is 2. The number of carbonyl (C=O) groups excluding carboxylic acids is 2. The van der Waals surface area contributed by atoms with Gasteiger partial charge in [0.05, 0.1) is 0 Å². The maximum Gasteiger partial charge on any atom is 0.240 e. The minimum Gasteiger partial charge on any atom is -0.342 e. The van der Waals surface area contributed by atoms with Crippen LogP contribution in [-0.2, 0) is 9.59 Å². The van der Waals surface area contributed by atoms with Gasteiger partial charge in [-0.15, -0.1) is 0 Å². The van der Waals surface area contributed by atoms with Gasteiger partial charge in [-0.2, -0.15) is 0 Å². The molecule has 1 N–H and O–H groups in total. The molecule has 0 radical (unpaired) electrons. The second-order valence-corrected chi connectivity index (χ2v) is 7.35. The SMILES string of the molecule is Cc1ccc(C)c(NC(=O)C2(C(=O)N3CCCC(C)C3)CC2)c1. The van der Waals surface area contributed by atoms with Crippen molar-refractivity contribution in [3.05, 3.63) is 29.3 Å². The fourth-order valence-electron chi connectivity index (χ4n) is 3.45. The molecule has 4 nitrogen and oxygen atoms in total. The molecular formula is C19H26N2O2. The van der Waals surface area contributed by atoms with Crippen molar-refractivity contribution < 1.29 is 9.59 Å². The van der Waals surface area contributed by atoms with Gasteiger partial charge in [-0.1, -0.05) is 19.1 Å². The lowest BCUT2D eigenvalue weighted by atomic mass is 9.96. The Morgan fingerprint density at radius 2 is 2.00 bits per heavy atom. The molecule has 2 aliphatic rings. The smallest absolute Gasteiger partial charge is 0.240 e. The Labute approximate surface area is 138 Å². The highest BCUT2D eigenvalue weighted by atomic mass is 16.2. The lowest BCUT2D eigenvalue weighted by Gasteiger charge is -2.33. The van der Waals surface area contributed by atoms with Gasteiger partial charge in [0.25, 0.3) is 0 Å². The van der Waals surface area contributed by atoms with Gasteiger partial charge < -0.3 is 10.2 Å². The van der Waals surface area contributed by atoms with E-state index in [9.17, 15) is 9.59 Å². The number of benzene rings is 1. The third-order valence-electron chi connectivity index (χ3n) is 5.18. The van der Waals surface area contributed by atoms with E-state index in [1.807, 2.05) is 36.9 Å². The first-order valence-electron chi connectivity index (χ1n) is 8.60. The first-order chi connectivity index (χ1) is 10.9. The lowest BCUT2D eigenvalue weighted by Crippen LogP contribution is -2.46. The van der Waals surface area contributed by atoms with E-state index >= 15 is 0 Å². The highest BCUT2D eigenvalue weighted by Crippen LogP contribution is 2.48. The van der Waals surface area contributed by atoms with Crippen molar-refractivity contribution >= 4 is 17.5 Å². The second-order valence-electron chi connectivity index (χ2n) is 7.35. The number of anilines is 1. The molecule has 1 saturated carbocycles. The van der Waals surface area contributed by atoms with Crippen LogP contribution in [0.15, 0.2) is 18.2 Å². The van der Waals surface area contributed by atoms with Crippen molar-refractivity contribution in [1.29, 1.82) is 0 Å². The molecule has 4 heteroatoms. The van der Waals surface area contributed by atoms with Crippen molar-refractivity contribution in [2.45, 2.75) is 46.5 Å². The summed E-state index contributed by atoms with van der Waals surface area (Å²) in [6.07, 6.45) is 3.56. The summed E-state index contributed by atoms with van der Waals surface area (Å²) in [5.74, 6) is 0.437. The molecule has 1 aliphatic carbocycles. The number of piperidine rings is 1. The minimum atomic E-state index is -0.812. The molecule has 124 valence electrons. The number of nitrogens with one attached hydrogen (secondary N) is 1. The fraction of sp³-hybridized carbons (Fsp3) is 0.579. The van der Waals surface area contributed by atoms with Crippen LogP contribution < -0.4 is 5.32 Å². The molecule has 1 aromatic carbocycles. The van der Waals surface area contributed by atoms with Gasteiger partial charge in [0.2, 0.25) is 11.8 Å². The Morgan fingerprint density at radius 3 is 2.65 bits per heavy atom. The quantitative estimate of drug-likeness (QED) is 0.870. The van der Waals surface area contributed by atoms with Crippen molar-refractivity contribution in [2.24, 2.45) is 11.3 Å². The Bertz CT molecular complexity index is 634. The topological polar surface area (TPSA) is 49.4 Å². The Morgan fingerprint density at radius 1 is 1.26 bits per heavy atom. The zero-order chi connectivity index (χ0) is 16.6. The van der Waals surface area contributed by atoms with Gasteiger partial charge in [-0.3, -0.25) is 9.59 Å². The summed E-state index contributed by atoms with van der Waals surface area (Å²) in [4.78, 5) is 27.6. The molecule has 2 fully saturated rings. The Kier molecular flexibility index (Phi) is 4.17. The molecular weight excluding hydrogens is 288 g/mol. The van der Waals surface area contributed by atoms with Crippen LogP contribution in [0.3, 0.4) is 0 Å². The van der Waals surface area contributed by atoms with Crippen molar-refractivity contribution in [2.75, 3.05) is 18.4 Å². The fourth-order valence-corrected chi connectivity index (χ4v) is 3.45. The van der Waals surface area contributed by atoms with E-state index < -0.39 is 5.41 Å². The van der Waals surface area contributed by atoms with E-state index in [4.69, 9.17) is 0 Å². The molecule has 23 heavy (non-hydrogen) atoms. The Hall–Kier alpha value is -1.84. The highest BCUT2D eigenvalue weighted by molar-refractivity contribution is 6.13. The van der Waals surface area contributed by atoms with Gasteiger partial charge in [0.1, 0.15) is 5.41 Å². The monoisotopic (exact) mass is 314 g/mol. The normalized spacial score (nSPS) is 22.6. The molecule has 1 aliphatic heterocycles. The molecule has 0 bridgehead atoms. The summed E-state index contributed by atoms with van der Waals surface area (Å²) in [5.41, 5.74) is 2.14. The molecule has 1 unspecified atom stereocenters. The summed E-state index contributed by atoms with van der Waals surface area (Å²) in [6.45, 7) is 7.74. The average Bonchev–Trinajstić information content (AvgIpc) is 3.32. The molecule has 1 heterocycles. The van der Waals surface area contributed by atoms with E-state index in [1.54, 1.807) is 0 Å². The minimum absolute atomic E-state index is 0.0341. The molecule has 2 amide bonds. The molecule has 1 atom stereocenters. The van der Waals surface area contributed by atoms with E-state index in [1.165, 1.54) is 6.42 Å². The number of aryl methyl sites for hydroxylation is 2. The standard InChI is InChI=1S/C19H26N2O2/c1-13-6-7-15(3)16(11-13)20-17(22)19(8-9-19)18(23)21-10-4-5-14(2)12-21/h6-7,11,14H,4-5,8-10,12H2,1-3H3,(H,20,22). The molecule has 3 rings (SSSR count). The van der Waals surface area contributed by atoms with Crippen molar-refractivity contribution in [1.82, 2.24) is 4.90 Å².